The Bertz CT molecular complexity index is 712. The predicted molar refractivity (Wildman–Crippen MR) is 76.2 cm³/mol. The van der Waals surface area contributed by atoms with E-state index in [4.69, 9.17) is 5.73 Å². The van der Waals surface area contributed by atoms with Crippen LogP contribution in [0.25, 0.3) is 5.69 Å². The van der Waals surface area contributed by atoms with E-state index in [1.807, 2.05) is 19.1 Å². The first-order valence-corrected chi connectivity index (χ1v) is 6.78. The van der Waals surface area contributed by atoms with Crippen molar-refractivity contribution in [3.05, 3.63) is 46.2 Å². The normalized spacial score (nSPS) is 10.4. The summed E-state index contributed by atoms with van der Waals surface area (Å²) in [5.41, 5.74) is 6.21. The molecule has 104 valence electrons. The highest BCUT2D eigenvalue weighted by atomic mass is 32.2. The van der Waals surface area contributed by atoms with Crippen molar-refractivity contribution in [2.45, 2.75) is 12.1 Å². The van der Waals surface area contributed by atoms with Gasteiger partial charge in [-0.25, -0.2) is 0 Å². The van der Waals surface area contributed by atoms with Gasteiger partial charge in [0.1, 0.15) is 0 Å². The first-order valence-electron chi connectivity index (χ1n) is 5.79. The second-order valence-corrected chi connectivity index (χ2v) is 5.05. The molecule has 20 heavy (non-hydrogen) atoms. The quantitative estimate of drug-likeness (QED) is 0.642. The third-order valence-electron chi connectivity index (χ3n) is 2.57. The molecule has 2 aromatic rings. The van der Waals surface area contributed by atoms with Crippen LogP contribution in [0.4, 0.5) is 0 Å². The standard InChI is InChI=1S/C13H13N3O3S/c1-8-4-2-3-5-9(8)16-12(19)6-11(18)15-13(16)20-7-10(14)17/h2-6,18H,7H2,1H3,(H2,14,17). The summed E-state index contributed by atoms with van der Waals surface area (Å²) in [5.74, 6) is -0.933. The van der Waals surface area contributed by atoms with Crippen LogP contribution in [0.2, 0.25) is 0 Å². The smallest absolute Gasteiger partial charge is 0.262 e. The van der Waals surface area contributed by atoms with Crippen LogP contribution in [0, 0.1) is 6.92 Å². The lowest BCUT2D eigenvalue weighted by Crippen LogP contribution is -2.22. The molecule has 1 aromatic carbocycles. The molecule has 0 saturated heterocycles. The van der Waals surface area contributed by atoms with E-state index in [0.29, 0.717) is 5.69 Å². The summed E-state index contributed by atoms with van der Waals surface area (Å²) >= 11 is 1.00. The Labute approximate surface area is 119 Å². The highest BCUT2D eigenvalue weighted by Gasteiger charge is 2.13. The predicted octanol–water partition coefficient (Wildman–Crippen LogP) is 0.824. The monoisotopic (exact) mass is 291 g/mol. The number of rotatable bonds is 4. The molecule has 0 aliphatic carbocycles. The van der Waals surface area contributed by atoms with Gasteiger partial charge in [-0.3, -0.25) is 14.2 Å². The first kappa shape index (κ1) is 14.1. The van der Waals surface area contributed by atoms with E-state index >= 15 is 0 Å². The van der Waals surface area contributed by atoms with E-state index in [1.165, 1.54) is 4.57 Å². The van der Waals surface area contributed by atoms with Gasteiger partial charge in [0.05, 0.1) is 17.5 Å². The highest BCUT2D eigenvalue weighted by molar-refractivity contribution is 7.99. The average Bonchev–Trinajstić information content (AvgIpc) is 2.37. The Morgan fingerprint density at radius 1 is 1.45 bits per heavy atom. The van der Waals surface area contributed by atoms with Crippen LogP contribution < -0.4 is 11.3 Å². The number of hydrogen-bond donors (Lipinski definition) is 2. The zero-order chi connectivity index (χ0) is 14.7. The molecular formula is C13H13N3O3S. The van der Waals surface area contributed by atoms with Gasteiger partial charge < -0.3 is 10.8 Å². The number of carbonyl (C=O) groups is 1. The van der Waals surface area contributed by atoms with Crippen LogP contribution in [-0.2, 0) is 4.79 Å². The van der Waals surface area contributed by atoms with Crippen molar-refractivity contribution < 1.29 is 9.90 Å². The summed E-state index contributed by atoms with van der Waals surface area (Å²) in [6.45, 7) is 1.86. The van der Waals surface area contributed by atoms with E-state index < -0.39 is 11.5 Å². The molecule has 0 radical (unpaired) electrons. The van der Waals surface area contributed by atoms with Crippen LogP contribution >= 0.6 is 11.8 Å². The molecule has 0 aliphatic heterocycles. The van der Waals surface area contributed by atoms with E-state index in [0.717, 1.165) is 23.4 Å². The molecule has 0 fully saturated rings. The number of hydrogen-bond acceptors (Lipinski definition) is 5. The molecule has 0 atom stereocenters. The molecule has 0 bridgehead atoms. The number of nitrogens with zero attached hydrogens (tertiary/aromatic N) is 2. The van der Waals surface area contributed by atoms with Gasteiger partial charge in [-0.05, 0) is 18.6 Å². The first-order chi connectivity index (χ1) is 9.49. The lowest BCUT2D eigenvalue weighted by molar-refractivity contribution is -0.115. The fourth-order valence-electron chi connectivity index (χ4n) is 1.72. The van der Waals surface area contributed by atoms with E-state index in [9.17, 15) is 14.7 Å². The molecule has 6 nitrogen and oxygen atoms in total. The molecule has 3 N–H and O–H groups in total. The van der Waals surface area contributed by atoms with Crippen LogP contribution in [0.15, 0.2) is 40.3 Å². The summed E-state index contributed by atoms with van der Waals surface area (Å²) < 4.78 is 1.35. The van der Waals surface area contributed by atoms with Gasteiger partial charge >= 0.3 is 0 Å². The van der Waals surface area contributed by atoms with Gasteiger partial charge in [-0.15, -0.1) is 0 Å². The summed E-state index contributed by atoms with van der Waals surface area (Å²) in [4.78, 5) is 26.9. The van der Waals surface area contributed by atoms with Crippen molar-refractivity contribution in [1.29, 1.82) is 0 Å². The van der Waals surface area contributed by atoms with Gasteiger partial charge in [-0.2, -0.15) is 4.98 Å². The van der Waals surface area contributed by atoms with Crippen molar-refractivity contribution in [1.82, 2.24) is 9.55 Å². The molecule has 0 saturated carbocycles. The van der Waals surface area contributed by atoms with Crippen LogP contribution in [0.5, 0.6) is 5.88 Å². The van der Waals surface area contributed by atoms with Crippen molar-refractivity contribution in [2.24, 2.45) is 5.73 Å². The maximum atomic E-state index is 12.1. The topological polar surface area (TPSA) is 98.2 Å². The van der Waals surface area contributed by atoms with Crippen LogP contribution in [0.3, 0.4) is 0 Å². The number of thioether (sulfide) groups is 1. The number of primary amides is 1. The minimum atomic E-state index is -0.524. The second kappa shape index (κ2) is 5.79. The number of carbonyl (C=O) groups excluding carboxylic acids is 1. The molecule has 7 heteroatoms. The van der Waals surface area contributed by atoms with Crippen LogP contribution in [0.1, 0.15) is 5.56 Å². The number of aromatic hydroxyl groups is 1. The highest BCUT2D eigenvalue weighted by Crippen LogP contribution is 2.21. The maximum Gasteiger partial charge on any atom is 0.262 e. The molecule has 1 heterocycles. The van der Waals surface area contributed by atoms with E-state index in [-0.39, 0.29) is 16.8 Å². The fourth-order valence-corrected chi connectivity index (χ4v) is 2.46. The molecule has 0 aliphatic rings. The largest absolute Gasteiger partial charge is 0.493 e. The molecule has 1 aromatic heterocycles. The average molecular weight is 291 g/mol. The van der Waals surface area contributed by atoms with Crippen molar-refractivity contribution in [2.75, 3.05) is 5.75 Å². The Balaban J connectivity index is 2.59. The summed E-state index contributed by atoms with van der Waals surface area (Å²) in [6.07, 6.45) is 0. The zero-order valence-electron chi connectivity index (χ0n) is 10.7. The summed E-state index contributed by atoms with van der Waals surface area (Å²) in [5, 5.41) is 9.67. The second-order valence-electron chi connectivity index (χ2n) is 4.11. The molecule has 0 spiro atoms. The van der Waals surface area contributed by atoms with Crippen molar-refractivity contribution in [3.63, 3.8) is 0 Å². The minimum absolute atomic E-state index is 0.0260. The Morgan fingerprint density at radius 3 is 2.80 bits per heavy atom. The molecule has 1 amide bonds. The number of para-hydroxylation sites is 1. The number of amides is 1. The van der Waals surface area contributed by atoms with Crippen molar-refractivity contribution in [3.8, 4) is 11.6 Å². The fraction of sp³-hybridized carbons (Fsp3) is 0.154. The molecular weight excluding hydrogens is 278 g/mol. The third kappa shape index (κ3) is 3.00. The van der Waals surface area contributed by atoms with Gasteiger partial charge in [0.2, 0.25) is 11.8 Å². The summed E-state index contributed by atoms with van der Waals surface area (Å²) in [7, 11) is 0. The number of aryl methyl sites for hydroxylation is 1. The van der Waals surface area contributed by atoms with E-state index in [1.54, 1.807) is 12.1 Å². The lowest BCUT2D eigenvalue weighted by atomic mass is 10.2. The number of aromatic nitrogens is 2. The Kier molecular flexibility index (Phi) is 4.09. The zero-order valence-corrected chi connectivity index (χ0v) is 11.6. The van der Waals surface area contributed by atoms with Gasteiger partial charge in [-0.1, -0.05) is 30.0 Å². The van der Waals surface area contributed by atoms with Gasteiger partial charge in [0, 0.05) is 0 Å². The van der Waals surface area contributed by atoms with Gasteiger partial charge in [0.25, 0.3) is 5.56 Å². The van der Waals surface area contributed by atoms with Gasteiger partial charge in [0.15, 0.2) is 5.16 Å². The minimum Gasteiger partial charge on any atom is -0.493 e. The van der Waals surface area contributed by atoms with Crippen molar-refractivity contribution >= 4 is 17.7 Å². The number of benzene rings is 1. The molecule has 0 unspecified atom stereocenters. The molecule has 2 rings (SSSR count). The third-order valence-corrected chi connectivity index (χ3v) is 3.54. The number of nitrogens with two attached hydrogens (primary N) is 1. The van der Waals surface area contributed by atoms with E-state index in [2.05, 4.69) is 4.98 Å². The maximum absolute atomic E-state index is 12.1. The Morgan fingerprint density at radius 2 is 2.15 bits per heavy atom. The lowest BCUT2D eigenvalue weighted by Gasteiger charge is -2.13. The van der Waals surface area contributed by atoms with Crippen LogP contribution in [-0.4, -0.2) is 26.3 Å². The summed E-state index contributed by atoms with van der Waals surface area (Å²) in [6, 6.07) is 8.31. The SMILES string of the molecule is Cc1ccccc1-n1c(SCC(N)=O)nc(O)cc1=O. The Hall–Kier alpha value is -2.28.